The van der Waals surface area contributed by atoms with Crippen molar-refractivity contribution in [1.29, 1.82) is 0 Å². The number of aliphatic hydroxyl groups is 1. The minimum atomic E-state index is -0.652. The van der Waals surface area contributed by atoms with E-state index in [-0.39, 0.29) is 5.92 Å². The van der Waals surface area contributed by atoms with Crippen molar-refractivity contribution in [2.24, 2.45) is 0 Å². The van der Waals surface area contributed by atoms with Gasteiger partial charge in [-0.1, -0.05) is 54.6 Å². The van der Waals surface area contributed by atoms with Crippen LogP contribution in [0.15, 0.2) is 54.6 Å². The highest BCUT2D eigenvalue weighted by molar-refractivity contribution is 5.47. The van der Waals surface area contributed by atoms with E-state index in [0.717, 1.165) is 18.4 Å². The van der Waals surface area contributed by atoms with Crippen molar-refractivity contribution in [1.82, 2.24) is 0 Å². The maximum absolute atomic E-state index is 11.1. The van der Waals surface area contributed by atoms with Gasteiger partial charge < -0.3 is 5.11 Å². The number of rotatable bonds is 1. The summed E-state index contributed by atoms with van der Waals surface area (Å²) in [6, 6.07) is 18.8. The quantitative estimate of drug-likeness (QED) is 0.802. The molecule has 2 bridgehead atoms. The van der Waals surface area contributed by atoms with Crippen LogP contribution in [0.25, 0.3) is 0 Å². The second-order valence-corrected chi connectivity index (χ2v) is 5.61. The first-order valence-electron chi connectivity index (χ1n) is 6.66. The van der Waals surface area contributed by atoms with Gasteiger partial charge in [0.15, 0.2) is 0 Å². The fourth-order valence-corrected chi connectivity index (χ4v) is 3.95. The summed E-state index contributed by atoms with van der Waals surface area (Å²) in [6.45, 7) is 0. The molecule has 18 heavy (non-hydrogen) atoms. The van der Waals surface area contributed by atoms with Gasteiger partial charge >= 0.3 is 0 Å². The van der Waals surface area contributed by atoms with Gasteiger partial charge in [0.05, 0.1) is 5.60 Å². The van der Waals surface area contributed by atoms with Gasteiger partial charge in [0, 0.05) is 5.92 Å². The Labute approximate surface area is 107 Å². The molecule has 0 saturated heterocycles. The van der Waals surface area contributed by atoms with E-state index >= 15 is 0 Å². The van der Waals surface area contributed by atoms with Gasteiger partial charge in [0.1, 0.15) is 0 Å². The summed E-state index contributed by atoms with van der Waals surface area (Å²) in [5.41, 5.74) is 3.25. The molecule has 90 valence electrons. The van der Waals surface area contributed by atoms with Crippen LogP contribution in [-0.2, 0) is 5.60 Å². The Morgan fingerprint density at radius 2 is 1.56 bits per heavy atom. The highest BCUT2D eigenvalue weighted by Gasteiger charge is 2.53. The van der Waals surface area contributed by atoms with E-state index in [4.69, 9.17) is 0 Å². The first-order valence-corrected chi connectivity index (χ1v) is 6.66. The lowest BCUT2D eigenvalue weighted by Crippen LogP contribution is -2.31. The third-order valence-corrected chi connectivity index (χ3v) is 4.74. The monoisotopic (exact) mass is 236 g/mol. The second-order valence-electron chi connectivity index (χ2n) is 5.61. The van der Waals surface area contributed by atoms with E-state index in [9.17, 15) is 5.11 Å². The molecule has 1 heteroatoms. The Morgan fingerprint density at radius 3 is 2.33 bits per heavy atom. The molecule has 1 N–H and O–H groups in total. The SMILES string of the molecule is OC1(c2ccccc2)CC2CC1c1ccccc12. The molecular formula is C17H16O. The van der Waals surface area contributed by atoms with Crippen molar-refractivity contribution in [3.8, 4) is 0 Å². The second kappa shape index (κ2) is 3.46. The zero-order chi connectivity index (χ0) is 12.2. The van der Waals surface area contributed by atoms with Crippen molar-refractivity contribution in [2.45, 2.75) is 30.3 Å². The predicted molar refractivity (Wildman–Crippen MR) is 71.5 cm³/mol. The van der Waals surface area contributed by atoms with Gasteiger partial charge in [-0.05, 0) is 35.4 Å². The molecule has 2 aliphatic carbocycles. The van der Waals surface area contributed by atoms with Crippen LogP contribution in [0.4, 0.5) is 0 Å². The fraction of sp³-hybridized carbons (Fsp3) is 0.294. The topological polar surface area (TPSA) is 20.2 Å². The van der Waals surface area contributed by atoms with E-state index < -0.39 is 5.60 Å². The summed E-state index contributed by atoms with van der Waals surface area (Å²) in [4.78, 5) is 0. The van der Waals surface area contributed by atoms with Gasteiger partial charge in [-0.3, -0.25) is 0 Å². The maximum atomic E-state index is 11.1. The van der Waals surface area contributed by atoms with Crippen LogP contribution < -0.4 is 0 Å². The first kappa shape index (κ1) is 10.3. The van der Waals surface area contributed by atoms with Crippen LogP contribution >= 0.6 is 0 Å². The Balaban J connectivity index is 1.85. The lowest BCUT2D eigenvalue weighted by Gasteiger charge is -2.34. The lowest BCUT2D eigenvalue weighted by molar-refractivity contribution is 0.0209. The number of hydrogen-bond donors (Lipinski definition) is 1. The molecule has 0 spiro atoms. The van der Waals surface area contributed by atoms with Gasteiger partial charge in [-0.15, -0.1) is 0 Å². The van der Waals surface area contributed by atoms with Gasteiger partial charge in [-0.2, -0.15) is 0 Å². The van der Waals surface area contributed by atoms with E-state index in [1.54, 1.807) is 0 Å². The minimum Gasteiger partial charge on any atom is -0.385 e. The molecule has 0 radical (unpaired) electrons. The molecule has 2 aromatic carbocycles. The molecule has 2 aliphatic rings. The Bertz CT molecular complexity index is 590. The maximum Gasteiger partial charge on any atom is 0.0970 e. The molecule has 4 rings (SSSR count). The lowest BCUT2D eigenvalue weighted by atomic mass is 9.76. The molecule has 1 fully saturated rings. The van der Waals surface area contributed by atoms with Gasteiger partial charge in [0.2, 0.25) is 0 Å². The molecule has 0 heterocycles. The minimum absolute atomic E-state index is 0.279. The van der Waals surface area contributed by atoms with E-state index in [2.05, 4.69) is 36.4 Å². The summed E-state index contributed by atoms with van der Waals surface area (Å²) >= 11 is 0. The van der Waals surface area contributed by atoms with Crippen LogP contribution in [0.5, 0.6) is 0 Å². The van der Waals surface area contributed by atoms with Crippen LogP contribution in [0.1, 0.15) is 41.4 Å². The van der Waals surface area contributed by atoms with Crippen LogP contribution in [0.2, 0.25) is 0 Å². The molecule has 1 saturated carbocycles. The molecule has 0 amide bonds. The molecular weight excluding hydrogens is 220 g/mol. The van der Waals surface area contributed by atoms with Crippen molar-refractivity contribution in [2.75, 3.05) is 0 Å². The Morgan fingerprint density at radius 1 is 0.889 bits per heavy atom. The summed E-state index contributed by atoms with van der Waals surface area (Å²) < 4.78 is 0. The Kier molecular flexibility index (Phi) is 1.98. The summed E-state index contributed by atoms with van der Waals surface area (Å²) in [7, 11) is 0. The molecule has 3 atom stereocenters. The van der Waals surface area contributed by atoms with Gasteiger partial charge in [-0.25, -0.2) is 0 Å². The number of benzene rings is 2. The predicted octanol–water partition coefficient (Wildman–Crippen LogP) is 3.55. The third-order valence-electron chi connectivity index (χ3n) is 4.74. The molecule has 3 unspecified atom stereocenters. The average molecular weight is 236 g/mol. The Hall–Kier alpha value is -1.60. The summed E-state index contributed by atoms with van der Waals surface area (Å²) in [5, 5.41) is 11.1. The molecule has 0 aliphatic heterocycles. The first-order chi connectivity index (χ1) is 8.79. The van der Waals surface area contributed by atoms with E-state index in [1.807, 2.05) is 18.2 Å². The van der Waals surface area contributed by atoms with E-state index in [1.165, 1.54) is 11.1 Å². The summed E-state index contributed by atoms with van der Waals surface area (Å²) in [6.07, 6.45) is 1.98. The number of hydrogen-bond acceptors (Lipinski definition) is 1. The molecule has 2 aromatic rings. The van der Waals surface area contributed by atoms with Crippen molar-refractivity contribution < 1.29 is 5.11 Å². The van der Waals surface area contributed by atoms with Crippen LogP contribution in [0, 0.1) is 0 Å². The summed E-state index contributed by atoms with van der Waals surface area (Å²) in [5.74, 6) is 0.817. The zero-order valence-electron chi connectivity index (χ0n) is 10.2. The smallest absolute Gasteiger partial charge is 0.0970 e. The van der Waals surface area contributed by atoms with Gasteiger partial charge in [0.25, 0.3) is 0 Å². The van der Waals surface area contributed by atoms with Crippen molar-refractivity contribution in [3.63, 3.8) is 0 Å². The molecule has 0 aromatic heterocycles. The van der Waals surface area contributed by atoms with Crippen LogP contribution in [0.3, 0.4) is 0 Å². The zero-order valence-corrected chi connectivity index (χ0v) is 10.2. The van der Waals surface area contributed by atoms with E-state index in [0.29, 0.717) is 5.92 Å². The average Bonchev–Trinajstić information content (AvgIpc) is 2.96. The normalized spacial score (nSPS) is 32.5. The highest BCUT2D eigenvalue weighted by atomic mass is 16.3. The largest absolute Gasteiger partial charge is 0.385 e. The van der Waals surface area contributed by atoms with Crippen molar-refractivity contribution in [3.05, 3.63) is 71.3 Å². The fourth-order valence-electron chi connectivity index (χ4n) is 3.95. The van der Waals surface area contributed by atoms with Crippen molar-refractivity contribution >= 4 is 0 Å². The highest BCUT2D eigenvalue weighted by Crippen LogP contribution is 2.61. The molecule has 1 nitrogen and oxygen atoms in total. The standard InChI is InChI=1S/C17H16O/c18-17(13-6-2-1-3-7-13)11-12-10-16(17)15-9-5-4-8-14(12)15/h1-9,12,16,18H,10-11H2. The third kappa shape index (κ3) is 1.20. The number of fused-ring (bicyclic) bond motifs is 5. The van der Waals surface area contributed by atoms with Crippen LogP contribution in [-0.4, -0.2) is 5.11 Å².